The fourth-order valence-electron chi connectivity index (χ4n) is 3.90. The minimum absolute atomic E-state index is 0.0139. The molecule has 4 aromatic carbocycles. The third-order valence-electron chi connectivity index (χ3n) is 6.05. The topological polar surface area (TPSA) is 105 Å². The molecule has 0 bridgehead atoms. The number of nitrogens with two attached hydrogens (primary N) is 2. The van der Waals surface area contributed by atoms with Gasteiger partial charge in [-0.05, 0) is 84.8 Å². The molecular formula is C29H26F4N2O4S. The van der Waals surface area contributed by atoms with Gasteiger partial charge in [0.25, 0.3) is 0 Å². The second kappa shape index (κ2) is 11.7. The van der Waals surface area contributed by atoms with Crippen LogP contribution in [0.25, 0.3) is 0 Å². The summed E-state index contributed by atoms with van der Waals surface area (Å²) in [7, 11) is -3.98. The molecule has 0 aliphatic carbocycles. The lowest BCUT2D eigenvalue weighted by Gasteiger charge is -2.15. The van der Waals surface area contributed by atoms with Crippen molar-refractivity contribution in [3.05, 3.63) is 107 Å². The minimum atomic E-state index is -4.65. The first kappa shape index (κ1) is 29.1. The van der Waals surface area contributed by atoms with Gasteiger partial charge < -0.3 is 20.9 Å². The maximum atomic E-state index is 14.0. The molecule has 4 aromatic rings. The summed E-state index contributed by atoms with van der Waals surface area (Å²) in [4.78, 5) is -0.136. The Hall–Kier alpha value is -3.93. The van der Waals surface area contributed by atoms with Crippen LogP contribution in [0.15, 0.2) is 94.7 Å². The summed E-state index contributed by atoms with van der Waals surface area (Å²) in [5, 5.41) is 0. The monoisotopic (exact) mass is 574 g/mol. The van der Waals surface area contributed by atoms with Crippen LogP contribution in [-0.4, -0.2) is 8.42 Å². The molecule has 4 N–H and O–H groups in total. The number of benzene rings is 4. The van der Waals surface area contributed by atoms with Crippen LogP contribution >= 0.6 is 0 Å². The number of rotatable bonds is 9. The summed E-state index contributed by atoms with van der Waals surface area (Å²) in [6.07, 6.45) is -5.95. The van der Waals surface area contributed by atoms with Crippen molar-refractivity contribution in [2.75, 3.05) is 0 Å². The molecule has 0 saturated carbocycles. The predicted octanol–water partition coefficient (Wildman–Crippen LogP) is 7.07. The summed E-state index contributed by atoms with van der Waals surface area (Å²) in [6, 6.07) is 18.8. The summed E-state index contributed by atoms with van der Waals surface area (Å²) in [5.74, 6) is 0.137. The highest BCUT2D eigenvalue weighted by Gasteiger charge is 2.34. The Kier molecular flexibility index (Phi) is 8.48. The van der Waals surface area contributed by atoms with Crippen LogP contribution in [-0.2, 0) is 29.1 Å². The predicted molar refractivity (Wildman–Crippen MR) is 142 cm³/mol. The Morgan fingerprint density at radius 3 is 1.62 bits per heavy atom. The molecule has 0 radical (unpaired) electrons. The molecule has 40 heavy (non-hydrogen) atoms. The quantitative estimate of drug-likeness (QED) is 0.207. The van der Waals surface area contributed by atoms with E-state index in [1.54, 1.807) is 18.2 Å². The van der Waals surface area contributed by atoms with Gasteiger partial charge in [-0.3, -0.25) is 0 Å². The Morgan fingerprint density at radius 1 is 0.725 bits per heavy atom. The molecule has 0 heterocycles. The van der Waals surface area contributed by atoms with Gasteiger partial charge in [0.15, 0.2) is 0 Å². The zero-order chi connectivity index (χ0) is 29.1. The molecule has 0 aromatic heterocycles. The van der Waals surface area contributed by atoms with E-state index in [1.165, 1.54) is 67.6 Å². The van der Waals surface area contributed by atoms with Crippen LogP contribution in [0.3, 0.4) is 0 Å². The maximum Gasteiger partial charge on any atom is 0.419 e. The summed E-state index contributed by atoms with van der Waals surface area (Å²) in [5.41, 5.74) is 11.7. The molecular weight excluding hydrogens is 548 g/mol. The average molecular weight is 575 g/mol. The van der Waals surface area contributed by atoms with E-state index in [1.807, 2.05) is 0 Å². The van der Waals surface area contributed by atoms with Crippen LogP contribution in [0, 0.1) is 0 Å². The smallest absolute Gasteiger partial charge is 0.419 e. The number of hydrogen-bond donors (Lipinski definition) is 2. The Labute approximate surface area is 229 Å². The molecule has 1 unspecified atom stereocenters. The molecule has 0 spiro atoms. The van der Waals surface area contributed by atoms with E-state index in [0.29, 0.717) is 16.9 Å². The molecule has 0 fully saturated rings. The lowest BCUT2D eigenvalue weighted by molar-refractivity contribution is -0.138. The van der Waals surface area contributed by atoms with E-state index in [2.05, 4.69) is 0 Å². The number of halogens is 4. The zero-order valence-corrected chi connectivity index (χ0v) is 22.1. The number of sulfone groups is 1. The Bertz CT molecular complexity index is 1590. The number of ether oxygens (including phenoxy) is 2. The first-order chi connectivity index (χ1) is 18.9. The normalized spacial score (nSPS) is 12.7. The van der Waals surface area contributed by atoms with Crippen molar-refractivity contribution in [1.29, 1.82) is 0 Å². The third-order valence-corrected chi connectivity index (χ3v) is 7.84. The largest absolute Gasteiger partial charge is 0.457 e. The van der Waals surface area contributed by atoms with Gasteiger partial charge in [-0.25, -0.2) is 12.8 Å². The van der Waals surface area contributed by atoms with Gasteiger partial charge in [0.2, 0.25) is 9.84 Å². The van der Waals surface area contributed by atoms with E-state index in [0.717, 1.165) is 11.6 Å². The second-order valence-electron chi connectivity index (χ2n) is 8.88. The fraction of sp³-hybridized carbons (Fsp3) is 0.172. The summed E-state index contributed by atoms with van der Waals surface area (Å²) < 4.78 is 91.9. The molecule has 6 nitrogen and oxygen atoms in total. The van der Waals surface area contributed by atoms with E-state index in [9.17, 15) is 26.0 Å². The number of hydrogen-bond acceptors (Lipinski definition) is 6. The Balaban J connectivity index is 1.54. The average Bonchev–Trinajstić information content (AvgIpc) is 2.92. The highest BCUT2D eigenvalue weighted by Crippen LogP contribution is 2.39. The van der Waals surface area contributed by atoms with Crippen LogP contribution < -0.4 is 20.9 Å². The lowest BCUT2D eigenvalue weighted by atomic mass is 10.1. The van der Waals surface area contributed by atoms with Crippen molar-refractivity contribution in [2.45, 2.75) is 42.2 Å². The molecule has 4 rings (SSSR count). The lowest BCUT2D eigenvalue weighted by Crippen LogP contribution is -2.08. The maximum absolute atomic E-state index is 14.0. The van der Waals surface area contributed by atoms with E-state index < -0.39 is 33.5 Å². The van der Waals surface area contributed by atoms with Crippen LogP contribution in [0.2, 0.25) is 0 Å². The van der Waals surface area contributed by atoms with Crippen molar-refractivity contribution in [1.82, 2.24) is 0 Å². The van der Waals surface area contributed by atoms with Crippen molar-refractivity contribution >= 4 is 9.84 Å². The van der Waals surface area contributed by atoms with Crippen molar-refractivity contribution in [2.24, 2.45) is 11.5 Å². The minimum Gasteiger partial charge on any atom is -0.457 e. The van der Waals surface area contributed by atoms with E-state index >= 15 is 0 Å². The highest BCUT2D eigenvalue weighted by molar-refractivity contribution is 7.91. The number of alkyl halides is 4. The molecule has 0 saturated heterocycles. The van der Waals surface area contributed by atoms with Gasteiger partial charge in [-0.1, -0.05) is 18.2 Å². The second-order valence-corrected chi connectivity index (χ2v) is 10.8. The highest BCUT2D eigenvalue weighted by atomic mass is 32.2. The standard InChI is InChI=1S/C29H26F4N2O4S/c1-18(30)25-12-2-19(16-34)14-27(25)38-21-4-8-23(9-5-21)40(36,37)24-10-6-22(7-11-24)39-28-15-20(17-35)3-13-26(28)29(31,32)33/h2-15,18H,16-17,34-35H2,1H3. The molecule has 11 heteroatoms. The van der Waals surface area contributed by atoms with Crippen molar-refractivity contribution < 1.29 is 35.5 Å². The molecule has 1 atom stereocenters. The van der Waals surface area contributed by atoms with Crippen LogP contribution in [0.5, 0.6) is 23.0 Å². The SMILES string of the molecule is CC(F)c1ccc(CN)cc1Oc1ccc(S(=O)(=O)c2ccc(Oc3cc(CN)ccc3C(F)(F)F)cc2)cc1. The molecule has 210 valence electrons. The molecule has 0 aliphatic heterocycles. The van der Waals surface area contributed by atoms with Gasteiger partial charge in [0, 0.05) is 18.7 Å². The van der Waals surface area contributed by atoms with E-state index in [-0.39, 0.29) is 34.4 Å². The van der Waals surface area contributed by atoms with Crippen molar-refractivity contribution in [3.8, 4) is 23.0 Å². The molecule has 0 aliphatic rings. The van der Waals surface area contributed by atoms with Crippen LogP contribution in [0.4, 0.5) is 17.6 Å². The molecule has 0 amide bonds. The first-order valence-electron chi connectivity index (χ1n) is 12.1. The summed E-state index contributed by atoms with van der Waals surface area (Å²) >= 11 is 0. The first-order valence-corrected chi connectivity index (χ1v) is 13.6. The summed E-state index contributed by atoms with van der Waals surface area (Å²) in [6.45, 7) is 1.64. The van der Waals surface area contributed by atoms with Gasteiger partial charge in [0.05, 0.1) is 15.4 Å². The van der Waals surface area contributed by atoms with Gasteiger partial charge >= 0.3 is 6.18 Å². The van der Waals surface area contributed by atoms with Gasteiger partial charge in [-0.15, -0.1) is 0 Å². The van der Waals surface area contributed by atoms with Gasteiger partial charge in [0.1, 0.15) is 29.2 Å². The van der Waals surface area contributed by atoms with Crippen LogP contribution in [0.1, 0.15) is 35.3 Å². The third kappa shape index (κ3) is 6.44. The van der Waals surface area contributed by atoms with E-state index in [4.69, 9.17) is 20.9 Å². The fourth-order valence-corrected chi connectivity index (χ4v) is 5.16. The zero-order valence-electron chi connectivity index (χ0n) is 21.3. The van der Waals surface area contributed by atoms with Gasteiger partial charge in [-0.2, -0.15) is 13.2 Å². The van der Waals surface area contributed by atoms with Crippen molar-refractivity contribution in [3.63, 3.8) is 0 Å². The Morgan fingerprint density at radius 2 is 1.18 bits per heavy atom.